The molecule has 2 N–H and O–H groups in total. The number of carbonyl (C=O) groups is 1. The lowest BCUT2D eigenvalue weighted by Gasteiger charge is -2.07. The molecule has 21 heavy (non-hydrogen) atoms. The van der Waals surface area contributed by atoms with Crippen LogP contribution in [0.15, 0.2) is 30.6 Å². The molecule has 0 atom stereocenters. The van der Waals surface area contributed by atoms with E-state index in [9.17, 15) is 9.18 Å². The third kappa shape index (κ3) is 4.24. The quantitative estimate of drug-likeness (QED) is 0.887. The first-order valence-corrected chi connectivity index (χ1v) is 6.73. The molecule has 0 aliphatic carbocycles. The van der Waals surface area contributed by atoms with Gasteiger partial charge in [-0.25, -0.2) is 14.4 Å². The van der Waals surface area contributed by atoms with Gasteiger partial charge in [0, 0.05) is 12.2 Å². The second kappa shape index (κ2) is 6.78. The summed E-state index contributed by atoms with van der Waals surface area (Å²) in [5.74, 6) is -0.194. The summed E-state index contributed by atoms with van der Waals surface area (Å²) in [6.45, 7) is 4.60. The van der Waals surface area contributed by atoms with E-state index < -0.39 is 11.7 Å². The van der Waals surface area contributed by atoms with Crippen molar-refractivity contribution in [2.45, 2.75) is 20.3 Å². The summed E-state index contributed by atoms with van der Waals surface area (Å²) in [4.78, 5) is 20.2. The normalized spacial score (nSPS) is 10.2. The first-order valence-electron chi connectivity index (χ1n) is 6.73. The van der Waals surface area contributed by atoms with Crippen molar-refractivity contribution in [3.8, 4) is 0 Å². The Balaban J connectivity index is 2.06. The molecule has 6 heteroatoms. The zero-order chi connectivity index (χ0) is 15.2. The first kappa shape index (κ1) is 14.9. The van der Waals surface area contributed by atoms with Crippen molar-refractivity contribution in [3.63, 3.8) is 0 Å². The van der Waals surface area contributed by atoms with Crippen LogP contribution in [0.1, 0.15) is 29.4 Å². The van der Waals surface area contributed by atoms with Gasteiger partial charge >= 0.3 is 0 Å². The molecule has 1 aromatic heterocycles. The number of halogens is 1. The Bertz CT molecular complexity index is 608. The van der Waals surface area contributed by atoms with E-state index in [2.05, 4.69) is 20.6 Å². The molecule has 2 aromatic rings. The van der Waals surface area contributed by atoms with Gasteiger partial charge in [0.1, 0.15) is 17.3 Å². The van der Waals surface area contributed by atoms with Crippen LogP contribution in [0.2, 0.25) is 0 Å². The molecule has 0 saturated carbocycles. The second-order valence-corrected chi connectivity index (χ2v) is 4.69. The fraction of sp³-hybridized carbons (Fsp3) is 0.267. The number of hydrogen-bond donors (Lipinski definition) is 2. The minimum Gasteiger partial charge on any atom is -0.369 e. The Morgan fingerprint density at radius 1 is 1.24 bits per heavy atom. The van der Waals surface area contributed by atoms with E-state index in [-0.39, 0.29) is 5.69 Å². The molecule has 5 nitrogen and oxygen atoms in total. The van der Waals surface area contributed by atoms with Gasteiger partial charge in [0.05, 0.1) is 12.4 Å². The Morgan fingerprint density at radius 2 is 2.05 bits per heavy atom. The van der Waals surface area contributed by atoms with Crippen LogP contribution in [-0.2, 0) is 0 Å². The second-order valence-electron chi connectivity index (χ2n) is 4.69. The van der Waals surface area contributed by atoms with Crippen molar-refractivity contribution in [1.29, 1.82) is 0 Å². The van der Waals surface area contributed by atoms with Crippen LogP contribution in [-0.4, -0.2) is 22.4 Å². The third-order valence-corrected chi connectivity index (χ3v) is 2.74. The summed E-state index contributed by atoms with van der Waals surface area (Å²) in [6, 6.07) is 4.34. The van der Waals surface area contributed by atoms with E-state index in [1.54, 1.807) is 13.0 Å². The monoisotopic (exact) mass is 288 g/mol. The van der Waals surface area contributed by atoms with E-state index in [0.29, 0.717) is 11.5 Å². The summed E-state index contributed by atoms with van der Waals surface area (Å²) in [5.41, 5.74) is 1.31. The Hall–Kier alpha value is -2.50. The number of rotatable bonds is 5. The average molecular weight is 288 g/mol. The van der Waals surface area contributed by atoms with Gasteiger partial charge in [-0.05, 0) is 37.1 Å². The average Bonchev–Trinajstić information content (AvgIpc) is 2.44. The predicted octanol–water partition coefficient (Wildman–Crippen LogP) is 3.00. The fourth-order valence-electron chi connectivity index (χ4n) is 1.79. The number of benzene rings is 1. The van der Waals surface area contributed by atoms with Crippen LogP contribution in [0, 0.1) is 12.7 Å². The standard InChI is InChI=1S/C15H17FN4O/c1-3-4-17-14-9-18-13(8-19-14)15(21)20-12-6-10(2)5-11(16)7-12/h5-9H,3-4H2,1-2H3,(H,17,19)(H,20,21). The van der Waals surface area contributed by atoms with Crippen molar-refractivity contribution in [1.82, 2.24) is 9.97 Å². The number of aryl methyl sites for hydroxylation is 1. The van der Waals surface area contributed by atoms with Crippen LogP contribution >= 0.6 is 0 Å². The lowest BCUT2D eigenvalue weighted by Crippen LogP contribution is -2.15. The molecule has 0 unspecified atom stereocenters. The zero-order valence-corrected chi connectivity index (χ0v) is 12.0. The molecule has 1 heterocycles. The first-order chi connectivity index (χ1) is 10.1. The maximum Gasteiger partial charge on any atom is 0.275 e. The molecule has 0 saturated heterocycles. The number of aromatic nitrogens is 2. The topological polar surface area (TPSA) is 66.9 Å². The molecule has 0 aliphatic rings. The van der Waals surface area contributed by atoms with Crippen LogP contribution in [0.5, 0.6) is 0 Å². The number of nitrogens with zero attached hydrogens (tertiary/aromatic N) is 2. The number of amides is 1. The summed E-state index contributed by atoms with van der Waals surface area (Å²) in [7, 11) is 0. The van der Waals surface area contributed by atoms with Crippen LogP contribution in [0.3, 0.4) is 0 Å². The van der Waals surface area contributed by atoms with E-state index in [1.165, 1.54) is 24.5 Å². The number of hydrogen-bond acceptors (Lipinski definition) is 4. The number of carbonyl (C=O) groups excluding carboxylic acids is 1. The highest BCUT2D eigenvalue weighted by atomic mass is 19.1. The zero-order valence-electron chi connectivity index (χ0n) is 12.0. The molecule has 0 fully saturated rings. The molecule has 1 amide bonds. The van der Waals surface area contributed by atoms with Crippen molar-refractivity contribution >= 4 is 17.4 Å². The smallest absolute Gasteiger partial charge is 0.275 e. The molecule has 0 bridgehead atoms. The van der Waals surface area contributed by atoms with Gasteiger partial charge in [-0.2, -0.15) is 0 Å². The van der Waals surface area contributed by atoms with Gasteiger partial charge in [0.15, 0.2) is 0 Å². The molecule has 0 spiro atoms. The highest BCUT2D eigenvalue weighted by Gasteiger charge is 2.09. The summed E-state index contributed by atoms with van der Waals surface area (Å²) in [5, 5.41) is 5.67. The Kier molecular flexibility index (Phi) is 4.81. The van der Waals surface area contributed by atoms with Crippen LogP contribution < -0.4 is 10.6 Å². The van der Waals surface area contributed by atoms with Gasteiger partial charge in [-0.15, -0.1) is 0 Å². The highest BCUT2D eigenvalue weighted by molar-refractivity contribution is 6.02. The van der Waals surface area contributed by atoms with Gasteiger partial charge in [0.25, 0.3) is 5.91 Å². The maximum atomic E-state index is 13.3. The van der Waals surface area contributed by atoms with Crippen molar-refractivity contribution in [2.24, 2.45) is 0 Å². The largest absolute Gasteiger partial charge is 0.369 e. The van der Waals surface area contributed by atoms with E-state index >= 15 is 0 Å². The third-order valence-electron chi connectivity index (χ3n) is 2.74. The summed E-state index contributed by atoms with van der Waals surface area (Å²) < 4.78 is 13.3. The maximum absolute atomic E-state index is 13.3. The molecule has 110 valence electrons. The minimum absolute atomic E-state index is 0.180. The highest BCUT2D eigenvalue weighted by Crippen LogP contribution is 2.14. The van der Waals surface area contributed by atoms with Crippen molar-refractivity contribution in [3.05, 3.63) is 47.7 Å². The molecule has 0 radical (unpaired) electrons. The van der Waals surface area contributed by atoms with E-state index in [0.717, 1.165) is 18.5 Å². The Labute approximate surface area is 122 Å². The molecule has 1 aromatic carbocycles. The van der Waals surface area contributed by atoms with Crippen LogP contribution in [0.4, 0.5) is 15.9 Å². The lowest BCUT2D eigenvalue weighted by atomic mass is 10.2. The van der Waals surface area contributed by atoms with Crippen molar-refractivity contribution in [2.75, 3.05) is 17.2 Å². The molecular formula is C15H17FN4O. The van der Waals surface area contributed by atoms with Crippen LogP contribution in [0.25, 0.3) is 0 Å². The van der Waals surface area contributed by atoms with Gasteiger partial charge < -0.3 is 10.6 Å². The number of anilines is 2. The SMILES string of the molecule is CCCNc1cnc(C(=O)Nc2cc(C)cc(F)c2)cn1. The lowest BCUT2D eigenvalue weighted by molar-refractivity contribution is 0.102. The van der Waals surface area contributed by atoms with E-state index in [1.807, 2.05) is 6.92 Å². The summed E-state index contributed by atoms with van der Waals surface area (Å²) >= 11 is 0. The van der Waals surface area contributed by atoms with Crippen molar-refractivity contribution < 1.29 is 9.18 Å². The molecule has 0 aliphatic heterocycles. The predicted molar refractivity (Wildman–Crippen MR) is 79.9 cm³/mol. The van der Waals surface area contributed by atoms with E-state index in [4.69, 9.17) is 0 Å². The minimum atomic E-state index is -0.422. The van der Waals surface area contributed by atoms with Gasteiger partial charge in [-0.3, -0.25) is 4.79 Å². The van der Waals surface area contributed by atoms with Gasteiger partial charge in [0.2, 0.25) is 0 Å². The Morgan fingerprint density at radius 3 is 2.67 bits per heavy atom. The summed E-state index contributed by atoms with van der Waals surface area (Å²) in [6.07, 6.45) is 3.86. The number of nitrogens with one attached hydrogen (secondary N) is 2. The fourth-order valence-corrected chi connectivity index (χ4v) is 1.79. The molecular weight excluding hydrogens is 271 g/mol. The van der Waals surface area contributed by atoms with Gasteiger partial charge in [-0.1, -0.05) is 6.92 Å². The molecule has 2 rings (SSSR count).